The number of halogens is 1. The quantitative estimate of drug-likeness (QED) is 0.646. The van der Waals surface area contributed by atoms with Gasteiger partial charge < -0.3 is 14.7 Å². The molecule has 4 nitrogen and oxygen atoms in total. The average molecular weight is 404 g/mol. The molecule has 150 valence electrons. The van der Waals surface area contributed by atoms with Crippen LogP contribution in [0, 0.1) is 23.6 Å². The highest BCUT2D eigenvalue weighted by Gasteiger charge is 2.41. The van der Waals surface area contributed by atoms with Crippen molar-refractivity contribution in [3.05, 3.63) is 54.0 Å². The molecule has 4 atom stereocenters. The third-order valence-electron chi connectivity index (χ3n) is 6.14. The van der Waals surface area contributed by atoms with Crippen molar-refractivity contribution in [2.24, 2.45) is 17.8 Å². The molecule has 0 saturated heterocycles. The number of nitrogens with zero attached hydrogens (tertiary/aromatic N) is 1. The summed E-state index contributed by atoms with van der Waals surface area (Å²) in [5.41, 5.74) is 0.428. The molecule has 4 unspecified atom stereocenters. The lowest BCUT2D eigenvalue weighted by molar-refractivity contribution is -0.133. The van der Waals surface area contributed by atoms with Gasteiger partial charge in [-0.3, -0.25) is 0 Å². The second-order valence-electron chi connectivity index (χ2n) is 7.93. The van der Waals surface area contributed by atoms with Crippen molar-refractivity contribution in [2.45, 2.75) is 31.1 Å². The maximum absolute atomic E-state index is 13.0. The van der Waals surface area contributed by atoms with Crippen LogP contribution in [0.1, 0.15) is 25.7 Å². The van der Waals surface area contributed by atoms with Crippen LogP contribution in [-0.4, -0.2) is 40.3 Å². The first-order valence-electron chi connectivity index (χ1n) is 9.97. The lowest BCUT2D eigenvalue weighted by Crippen LogP contribution is -2.39. The number of rotatable bonds is 8. The minimum atomic E-state index is -0.862. The molecule has 1 aromatic carbocycles. The fourth-order valence-corrected chi connectivity index (χ4v) is 5.95. The first-order valence-corrected chi connectivity index (χ1v) is 11.0. The Kier molecular flexibility index (Phi) is 5.95. The van der Waals surface area contributed by atoms with Crippen LogP contribution in [0.25, 0.3) is 0 Å². The van der Waals surface area contributed by atoms with Crippen LogP contribution < -0.4 is 4.74 Å². The summed E-state index contributed by atoms with van der Waals surface area (Å²) >= 11 is 1.59. The number of carboxylic acids is 1. The predicted octanol–water partition coefficient (Wildman–Crippen LogP) is 4.54. The zero-order valence-electron chi connectivity index (χ0n) is 15.8. The van der Waals surface area contributed by atoms with E-state index in [2.05, 4.69) is 4.90 Å². The molecular formula is C22H26FNO3S. The summed E-state index contributed by atoms with van der Waals surface area (Å²) in [6, 6.07) is 5.95. The SMILES string of the molecule is O=C(O)C1=CC=CN(CC2CC3CCC2C3)C1SCCOc1ccc(F)cc1. The predicted molar refractivity (Wildman–Crippen MR) is 109 cm³/mol. The van der Waals surface area contributed by atoms with Crippen LogP contribution in [0.2, 0.25) is 0 Å². The molecule has 2 fully saturated rings. The number of allylic oxidation sites excluding steroid dienone is 2. The highest BCUT2D eigenvalue weighted by molar-refractivity contribution is 8.00. The van der Waals surface area contributed by atoms with Crippen LogP contribution >= 0.6 is 11.8 Å². The molecular weight excluding hydrogens is 377 g/mol. The highest BCUT2D eigenvalue weighted by Crippen LogP contribution is 2.49. The van der Waals surface area contributed by atoms with Gasteiger partial charge in [-0.2, -0.15) is 0 Å². The van der Waals surface area contributed by atoms with E-state index in [-0.39, 0.29) is 11.2 Å². The molecule has 0 aromatic heterocycles. The lowest BCUT2D eigenvalue weighted by atomic mass is 9.88. The lowest BCUT2D eigenvalue weighted by Gasteiger charge is -2.36. The Balaban J connectivity index is 1.34. The number of hydrogen-bond acceptors (Lipinski definition) is 4. The van der Waals surface area contributed by atoms with Crippen LogP contribution in [0.4, 0.5) is 4.39 Å². The van der Waals surface area contributed by atoms with Gasteiger partial charge in [0, 0.05) is 18.5 Å². The summed E-state index contributed by atoms with van der Waals surface area (Å²) in [6.07, 6.45) is 10.9. The van der Waals surface area contributed by atoms with E-state index < -0.39 is 5.97 Å². The standard InChI is InChI=1S/C22H26FNO3S/c23-18-5-7-19(8-6-18)27-10-11-28-21-20(22(25)26)2-1-9-24(21)14-17-13-15-3-4-16(17)12-15/h1-2,5-9,15-17,21H,3-4,10-14H2,(H,25,26). The van der Waals surface area contributed by atoms with Crippen LogP contribution in [0.5, 0.6) is 5.75 Å². The van der Waals surface area contributed by atoms with Gasteiger partial charge in [0.2, 0.25) is 0 Å². The van der Waals surface area contributed by atoms with Gasteiger partial charge in [-0.25, -0.2) is 9.18 Å². The largest absolute Gasteiger partial charge is 0.493 e. The Morgan fingerprint density at radius 2 is 2.07 bits per heavy atom. The van der Waals surface area contributed by atoms with Crippen LogP contribution in [0.3, 0.4) is 0 Å². The van der Waals surface area contributed by atoms with Crippen molar-refractivity contribution in [1.82, 2.24) is 4.90 Å². The van der Waals surface area contributed by atoms with E-state index in [4.69, 9.17) is 4.74 Å². The Morgan fingerprint density at radius 3 is 2.75 bits per heavy atom. The minimum absolute atomic E-state index is 0.196. The second-order valence-corrected chi connectivity index (χ2v) is 9.11. The van der Waals surface area contributed by atoms with Gasteiger partial charge >= 0.3 is 5.97 Å². The second kappa shape index (κ2) is 8.60. The minimum Gasteiger partial charge on any atom is -0.493 e. The summed E-state index contributed by atoms with van der Waals surface area (Å²) in [5, 5.41) is 9.45. The van der Waals surface area contributed by atoms with Crippen LogP contribution in [-0.2, 0) is 4.79 Å². The Morgan fingerprint density at radius 1 is 1.25 bits per heavy atom. The molecule has 0 amide bonds. The molecule has 1 heterocycles. The first kappa shape index (κ1) is 19.4. The van der Waals surface area contributed by atoms with Gasteiger partial charge in [0.25, 0.3) is 0 Å². The third-order valence-corrected chi connectivity index (χ3v) is 7.38. The van der Waals surface area contributed by atoms with Crippen molar-refractivity contribution in [3.8, 4) is 5.75 Å². The van der Waals surface area contributed by atoms with E-state index in [0.29, 0.717) is 29.6 Å². The Hall–Kier alpha value is -1.95. The maximum Gasteiger partial charge on any atom is 0.334 e. The highest BCUT2D eigenvalue weighted by atomic mass is 32.2. The Labute approximate surface area is 169 Å². The molecule has 1 N–H and O–H groups in total. The first-order chi connectivity index (χ1) is 13.6. The molecule has 2 bridgehead atoms. The number of hydrogen-bond donors (Lipinski definition) is 1. The van der Waals surface area contributed by atoms with E-state index in [1.165, 1.54) is 37.8 Å². The molecule has 28 heavy (non-hydrogen) atoms. The average Bonchev–Trinajstić information content (AvgIpc) is 3.30. The summed E-state index contributed by atoms with van der Waals surface area (Å²) < 4.78 is 18.6. The summed E-state index contributed by atoms with van der Waals surface area (Å²) in [7, 11) is 0. The molecule has 2 aliphatic carbocycles. The van der Waals surface area contributed by atoms with Gasteiger partial charge in [0.15, 0.2) is 0 Å². The third kappa shape index (κ3) is 4.37. The fourth-order valence-electron chi connectivity index (χ4n) is 4.84. The van der Waals surface area contributed by atoms with Crippen molar-refractivity contribution < 1.29 is 19.0 Å². The van der Waals surface area contributed by atoms with Crippen molar-refractivity contribution in [2.75, 3.05) is 18.9 Å². The van der Waals surface area contributed by atoms with Crippen molar-refractivity contribution in [1.29, 1.82) is 0 Å². The maximum atomic E-state index is 13.0. The number of thioether (sulfide) groups is 1. The normalized spacial score (nSPS) is 28.5. The van der Waals surface area contributed by atoms with E-state index in [1.54, 1.807) is 30.0 Å². The number of aliphatic carboxylic acids is 1. The number of ether oxygens (including phenoxy) is 1. The number of carbonyl (C=O) groups is 1. The van der Waals surface area contributed by atoms with Gasteiger partial charge in [-0.15, -0.1) is 11.8 Å². The van der Waals surface area contributed by atoms with E-state index >= 15 is 0 Å². The van der Waals surface area contributed by atoms with Crippen LogP contribution in [0.15, 0.2) is 48.2 Å². The molecule has 1 aromatic rings. The summed E-state index contributed by atoms with van der Waals surface area (Å²) in [6.45, 7) is 1.38. The van der Waals surface area contributed by atoms with Gasteiger partial charge in [0.05, 0.1) is 12.2 Å². The van der Waals surface area contributed by atoms with Gasteiger partial charge in [0.1, 0.15) is 16.9 Å². The zero-order valence-corrected chi connectivity index (χ0v) is 16.6. The molecule has 3 aliphatic rings. The number of fused-ring (bicyclic) bond motifs is 2. The topological polar surface area (TPSA) is 49.8 Å². The van der Waals surface area contributed by atoms with E-state index in [0.717, 1.165) is 18.4 Å². The summed E-state index contributed by atoms with van der Waals surface area (Å²) in [4.78, 5) is 14.0. The zero-order chi connectivity index (χ0) is 19.5. The van der Waals surface area contributed by atoms with Gasteiger partial charge in [-0.1, -0.05) is 6.42 Å². The van der Waals surface area contributed by atoms with Crippen molar-refractivity contribution in [3.63, 3.8) is 0 Å². The Bertz CT molecular complexity index is 764. The fraction of sp³-hybridized carbons (Fsp3) is 0.500. The van der Waals surface area contributed by atoms with Crippen molar-refractivity contribution >= 4 is 17.7 Å². The monoisotopic (exact) mass is 403 g/mol. The molecule has 6 heteroatoms. The molecule has 0 spiro atoms. The molecule has 4 rings (SSSR count). The number of carboxylic acid groups (broad SMARTS) is 1. The van der Waals surface area contributed by atoms with Gasteiger partial charge in [-0.05, 0) is 73.4 Å². The summed E-state index contributed by atoms with van der Waals surface area (Å²) in [5.74, 6) is 2.50. The smallest absolute Gasteiger partial charge is 0.334 e. The molecule has 1 aliphatic heterocycles. The molecule has 0 radical (unpaired) electrons. The van der Waals surface area contributed by atoms with E-state index in [1.807, 2.05) is 12.3 Å². The number of benzene rings is 1. The molecule has 2 saturated carbocycles. The van der Waals surface area contributed by atoms with E-state index in [9.17, 15) is 14.3 Å².